The summed E-state index contributed by atoms with van der Waals surface area (Å²) < 4.78 is 27.3. The Balaban J connectivity index is 1.65. The zero-order valence-corrected chi connectivity index (χ0v) is 19.5. The van der Waals surface area contributed by atoms with Gasteiger partial charge in [0.15, 0.2) is 0 Å². The third-order valence-electron chi connectivity index (χ3n) is 6.07. The van der Waals surface area contributed by atoms with Gasteiger partial charge in [0.25, 0.3) is 5.69 Å². The maximum Gasteiger partial charge on any atom is 0.293 e. The van der Waals surface area contributed by atoms with Crippen molar-refractivity contribution in [1.29, 1.82) is 0 Å². The Morgan fingerprint density at radius 3 is 2.19 bits per heavy atom. The summed E-state index contributed by atoms with van der Waals surface area (Å²) in [5.41, 5.74) is 0.148. The molecule has 0 saturated carbocycles. The minimum atomic E-state index is -3.75. The van der Waals surface area contributed by atoms with Gasteiger partial charge in [-0.3, -0.25) is 10.1 Å². The van der Waals surface area contributed by atoms with E-state index in [1.54, 1.807) is 0 Å². The third-order valence-corrected chi connectivity index (χ3v) is 7.97. The van der Waals surface area contributed by atoms with E-state index in [0.29, 0.717) is 44.3 Å². The van der Waals surface area contributed by atoms with Crippen molar-refractivity contribution in [1.82, 2.24) is 19.0 Å². The Kier molecular flexibility index (Phi) is 7.87. The number of likely N-dealkylation sites (N-methyl/N-ethyl adjacent to an activating group) is 2. The highest BCUT2D eigenvalue weighted by molar-refractivity contribution is 7.89. The highest BCUT2D eigenvalue weighted by Crippen LogP contribution is 2.29. The van der Waals surface area contributed by atoms with E-state index in [1.807, 2.05) is 7.05 Å². The summed E-state index contributed by atoms with van der Waals surface area (Å²) in [5.74, 6) is 0.303. The van der Waals surface area contributed by atoms with Crippen molar-refractivity contribution < 1.29 is 13.3 Å². The molecule has 1 N–H and O–H groups in total. The first-order valence-electron chi connectivity index (χ1n) is 10.8. The van der Waals surface area contributed by atoms with Gasteiger partial charge in [-0.15, -0.1) is 0 Å². The van der Waals surface area contributed by atoms with Crippen LogP contribution in [0.4, 0.5) is 11.4 Å². The Labute approximate surface area is 185 Å². The van der Waals surface area contributed by atoms with Crippen molar-refractivity contribution in [2.24, 2.45) is 5.92 Å². The zero-order valence-electron chi connectivity index (χ0n) is 18.7. The van der Waals surface area contributed by atoms with Gasteiger partial charge >= 0.3 is 0 Å². The number of nitro groups is 1. The number of anilines is 1. The molecule has 1 aromatic carbocycles. The molecular formula is C20H34N6O4S. The first-order valence-corrected chi connectivity index (χ1v) is 12.2. The number of hydrogen-bond acceptors (Lipinski definition) is 8. The molecule has 2 aliphatic rings. The molecule has 2 aliphatic heterocycles. The average molecular weight is 455 g/mol. The normalized spacial score (nSPS) is 21.1. The second kappa shape index (κ2) is 10.2. The number of benzene rings is 1. The Morgan fingerprint density at radius 2 is 1.61 bits per heavy atom. The number of sulfonamides is 1. The highest BCUT2D eigenvalue weighted by atomic mass is 32.2. The fourth-order valence-corrected chi connectivity index (χ4v) is 5.41. The Bertz CT molecular complexity index is 864. The van der Waals surface area contributed by atoms with Crippen molar-refractivity contribution in [3.8, 4) is 0 Å². The van der Waals surface area contributed by atoms with E-state index in [-0.39, 0.29) is 10.6 Å². The van der Waals surface area contributed by atoms with Crippen LogP contribution in [0.2, 0.25) is 0 Å². The van der Waals surface area contributed by atoms with Crippen molar-refractivity contribution in [2.75, 3.05) is 84.9 Å². The average Bonchev–Trinajstić information content (AvgIpc) is 2.74. The molecule has 11 heteroatoms. The topological polar surface area (TPSA) is 102 Å². The van der Waals surface area contributed by atoms with E-state index < -0.39 is 14.9 Å². The standard InChI is InChI=1S/C20H34N6O4S/c1-17(16-24-10-6-22(2)7-11-24)15-21-19-5-4-18(14-20(19)26(27)28)31(29,30)25-12-8-23(3)9-13-25/h4-5,14,17,21H,6-13,15-16H2,1-3H3. The van der Waals surface area contributed by atoms with E-state index in [9.17, 15) is 18.5 Å². The number of nitrogens with one attached hydrogen (secondary N) is 1. The zero-order chi connectivity index (χ0) is 22.6. The van der Waals surface area contributed by atoms with Crippen LogP contribution in [0.3, 0.4) is 0 Å². The van der Waals surface area contributed by atoms with Crippen LogP contribution in [-0.4, -0.2) is 112 Å². The minimum absolute atomic E-state index is 0.0280. The number of piperazine rings is 2. The van der Waals surface area contributed by atoms with Crippen LogP contribution in [0.25, 0.3) is 0 Å². The van der Waals surface area contributed by atoms with Crippen LogP contribution in [0.5, 0.6) is 0 Å². The molecule has 10 nitrogen and oxygen atoms in total. The third kappa shape index (κ3) is 6.13. The molecule has 2 fully saturated rings. The van der Waals surface area contributed by atoms with Gasteiger partial charge in [0, 0.05) is 71.5 Å². The first kappa shape index (κ1) is 23.9. The molecular weight excluding hydrogens is 420 g/mol. The van der Waals surface area contributed by atoms with Gasteiger partial charge in [-0.25, -0.2) is 8.42 Å². The Morgan fingerprint density at radius 1 is 1.03 bits per heavy atom. The fourth-order valence-electron chi connectivity index (χ4n) is 3.97. The summed E-state index contributed by atoms with van der Waals surface area (Å²) in [6, 6.07) is 4.17. The lowest BCUT2D eigenvalue weighted by atomic mass is 10.1. The van der Waals surface area contributed by atoms with Crippen LogP contribution in [0.1, 0.15) is 6.92 Å². The summed E-state index contributed by atoms with van der Waals surface area (Å²) in [4.78, 5) is 17.9. The summed E-state index contributed by atoms with van der Waals surface area (Å²) >= 11 is 0. The second-order valence-electron chi connectivity index (χ2n) is 8.73. The molecule has 31 heavy (non-hydrogen) atoms. The van der Waals surface area contributed by atoms with Gasteiger partial charge in [-0.1, -0.05) is 6.92 Å². The molecule has 0 aliphatic carbocycles. The van der Waals surface area contributed by atoms with E-state index in [0.717, 1.165) is 32.7 Å². The SMILES string of the molecule is CC(CNc1ccc(S(=O)(=O)N2CCN(C)CC2)cc1[N+](=O)[O-])CN1CCN(C)CC1. The lowest BCUT2D eigenvalue weighted by Gasteiger charge is -2.34. The van der Waals surface area contributed by atoms with Crippen molar-refractivity contribution in [2.45, 2.75) is 11.8 Å². The van der Waals surface area contributed by atoms with Gasteiger partial charge in [0.2, 0.25) is 10.0 Å². The van der Waals surface area contributed by atoms with Crippen molar-refractivity contribution in [3.63, 3.8) is 0 Å². The predicted molar refractivity (Wildman–Crippen MR) is 121 cm³/mol. The van der Waals surface area contributed by atoms with Gasteiger partial charge in [-0.05, 0) is 32.1 Å². The maximum atomic E-state index is 12.9. The van der Waals surface area contributed by atoms with E-state index in [2.05, 4.69) is 34.0 Å². The molecule has 0 aromatic heterocycles. The lowest BCUT2D eigenvalue weighted by molar-refractivity contribution is -0.384. The number of hydrogen-bond donors (Lipinski definition) is 1. The van der Waals surface area contributed by atoms with E-state index in [4.69, 9.17) is 0 Å². The van der Waals surface area contributed by atoms with Crippen molar-refractivity contribution in [3.05, 3.63) is 28.3 Å². The highest BCUT2D eigenvalue weighted by Gasteiger charge is 2.29. The largest absolute Gasteiger partial charge is 0.379 e. The summed E-state index contributed by atoms with van der Waals surface area (Å²) in [5, 5.41) is 14.8. The van der Waals surface area contributed by atoms with Crippen LogP contribution in [0, 0.1) is 16.0 Å². The van der Waals surface area contributed by atoms with Gasteiger partial charge < -0.3 is 20.0 Å². The summed E-state index contributed by atoms with van der Waals surface area (Å²) in [6.45, 7) is 9.83. The smallest absolute Gasteiger partial charge is 0.293 e. The minimum Gasteiger partial charge on any atom is -0.379 e. The number of rotatable bonds is 8. The van der Waals surface area contributed by atoms with Crippen LogP contribution >= 0.6 is 0 Å². The molecule has 174 valence electrons. The fraction of sp³-hybridized carbons (Fsp3) is 0.700. The molecule has 3 rings (SSSR count). The molecule has 1 unspecified atom stereocenters. The van der Waals surface area contributed by atoms with Crippen LogP contribution in [0.15, 0.2) is 23.1 Å². The molecule has 0 amide bonds. The molecule has 1 aromatic rings. The van der Waals surface area contributed by atoms with Crippen LogP contribution < -0.4 is 5.32 Å². The summed E-state index contributed by atoms with van der Waals surface area (Å²) in [6.07, 6.45) is 0. The van der Waals surface area contributed by atoms with Crippen molar-refractivity contribution >= 4 is 21.4 Å². The first-order chi connectivity index (χ1) is 14.7. The van der Waals surface area contributed by atoms with Gasteiger partial charge in [-0.2, -0.15) is 4.31 Å². The summed E-state index contributed by atoms with van der Waals surface area (Å²) in [7, 11) is 0.315. The monoisotopic (exact) mass is 454 g/mol. The number of nitro benzene ring substituents is 1. The molecule has 2 saturated heterocycles. The molecule has 1 atom stereocenters. The quantitative estimate of drug-likeness (QED) is 0.455. The van der Waals surface area contributed by atoms with E-state index in [1.165, 1.54) is 22.5 Å². The maximum absolute atomic E-state index is 12.9. The molecule has 2 heterocycles. The Hall–Kier alpha value is -1.79. The van der Waals surface area contributed by atoms with Gasteiger partial charge in [0.1, 0.15) is 5.69 Å². The second-order valence-corrected chi connectivity index (χ2v) is 10.7. The molecule has 0 spiro atoms. The van der Waals surface area contributed by atoms with Crippen LogP contribution in [-0.2, 0) is 10.0 Å². The van der Waals surface area contributed by atoms with E-state index >= 15 is 0 Å². The molecule has 0 bridgehead atoms. The lowest BCUT2D eigenvalue weighted by Crippen LogP contribution is -2.47. The molecule has 0 radical (unpaired) electrons. The predicted octanol–water partition coefficient (Wildman–Crippen LogP) is 0.826. The number of nitrogens with zero attached hydrogens (tertiary/aromatic N) is 5. The van der Waals surface area contributed by atoms with Gasteiger partial charge in [0.05, 0.1) is 9.82 Å².